The molecule has 1 atom stereocenters. The van der Waals surface area contributed by atoms with Gasteiger partial charge in [0.1, 0.15) is 0 Å². The maximum atomic E-state index is 10.8. The lowest BCUT2D eigenvalue weighted by Gasteiger charge is -2.07. The van der Waals surface area contributed by atoms with Crippen molar-refractivity contribution in [2.24, 2.45) is 5.92 Å². The average Bonchev–Trinajstić information content (AvgIpc) is 2.88. The van der Waals surface area contributed by atoms with Gasteiger partial charge in [0.25, 0.3) is 0 Å². The minimum atomic E-state index is -0.962. The van der Waals surface area contributed by atoms with Crippen LogP contribution >= 0.6 is 11.3 Å². The van der Waals surface area contributed by atoms with E-state index in [0.717, 1.165) is 37.5 Å². The number of hydrogen-bond acceptors (Lipinski definition) is 5. The fourth-order valence-corrected chi connectivity index (χ4v) is 2.70. The number of aromatic carboxylic acids is 1. The zero-order chi connectivity index (χ0) is 12.3. The Bertz CT molecular complexity index is 399. The van der Waals surface area contributed by atoms with Crippen molar-refractivity contribution in [1.29, 1.82) is 0 Å². The van der Waals surface area contributed by atoms with Crippen molar-refractivity contribution in [1.82, 2.24) is 4.98 Å². The number of carboxylic acid groups (broad SMARTS) is 1. The van der Waals surface area contributed by atoms with E-state index >= 15 is 0 Å². The second-order valence-corrected chi connectivity index (χ2v) is 5.38. The Kier molecular flexibility index (Phi) is 3.96. The van der Waals surface area contributed by atoms with Crippen molar-refractivity contribution in [2.75, 3.05) is 25.1 Å². The molecule has 1 aliphatic rings. The molecule has 0 bridgehead atoms. The third kappa shape index (κ3) is 3.17. The number of nitrogens with one attached hydrogen (secondary N) is 1. The molecule has 2 heterocycles. The SMILES string of the molecule is Cc1sc(NCCC2CCOC2)nc1C(=O)O. The molecule has 94 valence electrons. The molecule has 0 radical (unpaired) electrons. The monoisotopic (exact) mass is 256 g/mol. The zero-order valence-corrected chi connectivity index (χ0v) is 10.5. The Morgan fingerprint density at radius 3 is 3.12 bits per heavy atom. The topological polar surface area (TPSA) is 71.5 Å². The maximum Gasteiger partial charge on any atom is 0.355 e. The van der Waals surface area contributed by atoms with Gasteiger partial charge in [-0.15, -0.1) is 11.3 Å². The Hall–Kier alpha value is -1.14. The van der Waals surface area contributed by atoms with Crippen molar-refractivity contribution in [3.8, 4) is 0 Å². The van der Waals surface area contributed by atoms with Crippen LogP contribution in [-0.2, 0) is 4.74 Å². The number of anilines is 1. The summed E-state index contributed by atoms with van der Waals surface area (Å²) >= 11 is 1.39. The van der Waals surface area contributed by atoms with Crippen LogP contribution in [0.2, 0.25) is 0 Å². The predicted octanol–water partition coefficient (Wildman–Crippen LogP) is 1.99. The fourth-order valence-electron chi connectivity index (χ4n) is 1.86. The van der Waals surface area contributed by atoms with E-state index in [1.807, 2.05) is 0 Å². The van der Waals surface area contributed by atoms with Gasteiger partial charge >= 0.3 is 5.97 Å². The van der Waals surface area contributed by atoms with Gasteiger partial charge in [-0.1, -0.05) is 0 Å². The Balaban J connectivity index is 1.82. The van der Waals surface area contributed by atoms with E-state index in [4.69, 9.17) is 9.84 Å². The number of carboxylic acids is 1. The first-order chi connectivity index (χ1) is 8.16. The number of rotatable bonds is 5. The zero-order valence-electron chi connectivity index (χ0n) is 9.73. The minimum Gasteiger partial charge on any atom is -0.476 e. The molecule has 6 heteroatoms. The van der Waals surface area contributed by atoms with E-state index in [9.17, 15) is 4.79 Å². The Labute approximate surface area is 104 Å². The van der Waals surface area contributed by atoms with Crippen LogP contribution in [-0.4, -0.2) is 35.8 Å². The van der Waals surface area contributed by atoms with Crippen LogP contribution in [0.25, 0.3) is 0 Å². The molecule has 0 spiro atoms. The van der Waals surface area contributed by atoms with Crippen molar-refractivity contribution in [3.63, 3.8) is 0 Å². The van der Waals surface area contributed by atoms with E-state index in [0.29, 0.717) is 11.0 Å². The molecule has 1 unspecified atom stereocenters. The van der Waals surface area contributed by atoms with Crippen molar-refractivity contribution in [3.05, 3.63) is 10.6 Å². The number of hydrogen-bond donors (Lipinski definition) is 2. The lowest BCUT2D eigenvalue weighted by atomic mass is 10.1. The molecule has 5 nitrogen and oxygen atoms in total. The summed E-state index contributed by atoms with van der Waals surface area (Å²) in [5, 5.41) is 12.7. The van der Waals surface area contributed by atoms with Crippen molar-refractivity contribution < 1.29 is 14.6 Å². The van der Waals surface area contributed by atoms with Gasteiger partial charge in [0.05, 0.1) is 0 Å². The van der Waals surface area contributed by atoms with Crippen LogP contribution in [0.5, 0.6) is 0 Å². The molecule has 17 heavy (non-hydrogen) atoms. The summed E-state index contributed by atoms with van der Waals surface area (Å²) in [7, 11) is 0. The number of aryl methyl sites for hydroxylation is 1. The molecule has 1 aliphatic heterocycles. The highest BCUT2D eigenvalue weighted by Gasteiger charge is 2.16. The van der Waals surface area contributed by atoms with Gasteiger partial charge in [0, 0.05) is 24.6 Å². The molecule has 1 saturated heterocycles. The van der Waals surface area contributed by atoms with E-state index in [-0.39, 0.29) is 5.69 Å². The van der Waals surface area contributed by atoms with Crippen LogP contribution in [0.3, 0.4) is 0 Å². The molecular formula is C11H16N2O3S. The average molecular weight is 256 g/mol. The predicted molar refractivity (Wildman–Crippen MR) is 65.8 cm³/mol. The highest BCUT2D eigenvalue weighted by Crippen LogP contribution is 2.23. The summed E-state index contributed by atoms with van der Waals surface area (Å²) in [4.78, 5) is 15.6. The first kappa shape index (κ1) is 12.3. The molecule has 0 saturated carbocycles. The molecule has 0 aromatic carbocycles. The standard InChI is InChI=1S/C11H16N2O3S/c1-7-9(10(14)15)13-11(17-7)12-4-2-8-3-5-16-6-8/h8H,2-6H2,1H3,(H,12,13)(H,14,15). The van der Waals surface area contributed by atoms with Crippen molar-refractivity contribution in [2.45, 2.75) is 19.8 Å². The molecule has 1 aromatic rings. The van der Waals surface area contributed by atoms with Gasteiger partial charge in [-0.05, 0) is 25.7 Å². The molecule has 1 aromatic heterocycles. The number of ether oxygens (including phenoxy) is 1. The van der Waals surface area contributed by atoms with Crippen LogP contribution in [0.1, 0.15) is 28.2 Å². The van der Waals surface area contributed by atoms with Crippen molar-refractivity contribution >= 4 is 22.4 Å². The molecule has 0 aliphatic carbocycles. The largest absolute Gasteiger partial charge is 0.476 e. The molecule has 2 rings (SSSR count). The lowest BCUT2D eigenvalue weighted by molar-refractivity contribution is 0.0690. The smallest absolute Gasteiger partial charge is 0.355 e. The number of carbonyl (C=O) groups is 1. The van der Waals surface area contributed by atoms with Gasteiger partial charge in [0.2, 0.25) is 0 Å². The third-order valence-corrected chi connectivity index (χ3v) is 3.78. The van der Waals surface area contributed by atoms with Crippen LogP contribution in [0, 0.1) is 12.8 Å². The van der Waals surface area contributed by atoms with Gasteiger partial charge < -0.3 is 15.2 Å². The highest BCUT2D eigenvalue weighted by molar-refractivity contribution is 7.15. The van der Waals surface area contributed by atoms with Crippen LogP contribution in [0.4, 0.5) is 5.13 Å². The first-order valence-corrected chi connectivity index (χ1v) is 6.51. The van der Waals surface area contributed by atoms with E-state index in [2.05, 4.69) is 10.3 Å². The maximum absolute atomic E-state index is 10.8. The van der Waals surface area contributed by atoms with E-state index < -0.39 is 5.97 Å². The highest BCUT2D eigenvalue weighted by atomic mass is 32.1. The van der Waals surface area contributed by atoms with Crippen LogP contribution in [0.15, 0.2) is 0 Å². The van der Waals surface area contributed by atoms with E-state index in [1.165, 1.54) is 11.3 Å². The molecule has 0 amide bonds. The Morgan fingerprint density at radius 1 is 1.71 bits per heavy atom. The summed E-state index contributed by atoms with van der Waals surface area (Å²) in [6, 6.07) is 0. The third-order valence-electron chi connectivity index (χ3n) is 2.85. The van der Waals surface area contributed by atoms with Gasteiger partial charge in [0.15, 0.2) is 10.8 Å². The van der Waals surface area contributed by atoms with Gasteiger partial charge in [-0.2, -0.15) is 0 Å². The number of aromatic nitrogens is 1. The molecule has 2 N–H and O–H groups in total. The van der Waals surface area contributed by atoms with E-state index in [1.54, 1.807) is 6.92 Å². The minimum absolute atomic E-state index is 0.154. The fraction of sp³-hybridized carbons (Fsp3) is 0.636. The summed E-state index contributed by atoms with van der Waals surface area (Å²) in [6.45, 7) is 4.31. The summed E-state index contributed by atoms with van der Waals surface area (Å²) < 4.78 is 5.30. The van der Waals surface area contributed by atoms with Gasteiger partial charge in [-0.3, -0.25) is 0 Å². The second kappa shape index (κ2) is 5.46. The Morgan fingerprint density at radius 2 is 2.53 bits per heavy atom. The number of nitrogens with zero attached hydrogens (tertiary/aromatic N) is 1. The molecular weight excluding hydrogens is 240 g/mol. The first-order valence-electron chi connectivity index (χ1n) is 5.69. The number of thiazole rings is 1. The summed E-state index contributed by atoms with van der Waals surface area (Å²) in [5.41, 5.74) is 0.154. The summed E-state index contributed by atoms with van der Waals surface area (Å²) in [6.07, 6.45) is 2.17. The lowest BCUT2D eigenvalue weighted by Crippen LogP contribution is -2.09. The van der Waals surface area contributed by atoms with Gasteiger partial charge in [-0.25, -0.2) is 9.78 Å². The molecule has 1 fully saturated rings. The van der Waals surface area contributed by atoms with Crippen LogP contribution < -0.4 is 5.32 Å². The quantitative estimate of drug-likeness (QED) is 0.843. The summed E-state index contributed by atoms with van der Waals surface area (Å²) in [5.74, 6) is -0.335. The normalized spacial score (nSPS) is 19.5. The second-order valence-electron chi connectivity index (χ2n) is 4.17.